The molecule has 0 spiro atoms. The highest BCUT2D eigenvalue weighted by molar-refractivity contribution is 6.35. The zero-order valence-electron chi connectivity index (χ0n) is 10.8. The zero-order valence-corrected chi connectivity index (χ0v) is 11.6. The quantitative estimate of drug-likeness (QED) is 0.625. The lowest BCUT2D eigenvalue weighted by molar-refractivity contribution is -0.880. The number of hydrogen-bond donors (Lipinski definition) is 1. The minimum atomic E-state index is -0.455. The van der Waals surface area contributed by atoms with Gasteiger partial charge in [0.1, 0.15) is 5.69 Å². The second-order valence-electron chi connectivity index (χ2n) is 4.89. The summed E-state index contributed by atoms with van der Waals surface area (Å²) in [6.45, 7) is 3.31. The maximum atomic E-state index is 11.4. The van der Waals surface area contributed by atoms with E-state index in [4.69, 9.17) is 11.6 Å². The Morgan fingerprint density at radius 1 is 1.40 bits per heavy atom. The number of anilines is 1. The number of aromatic nitrogens is 2. The number of nitro groups is 1. The molecule has 0 amide bonds. The number of nitro benzene ring substituents is 1. The molecule has 20 heavy (non-hydrogen) atoms. The summed E-state index contributed by atoms with van der Waals surface area (Å²) >= 11 is 6.11. The summed E-state index contributed by atoms with van der Waals surface area (Å²) in [5.41, 5.74) is 0.714. The summed E-state index contributed by atoms with van der Waals surface area (Å²) in [6, 6.07) is 1.58. The molecule has 1 aromatic carbocycles. The highest BCUT2D eigenvalue weighted by Crippen LogP contribution is 2.38. The highest BCUT2D eigenvalue weighted by atomic mass is 35.5. The Labute approximate surface area is 119 Å². The van der Waals surface area contributed by atoms with Crippen LogP contribution in [0, 0.1) is 10.1 Å². The summed E-state index contributed by atoms with van der Waals surface area (Å²) < 4.78 is 4.58. The van der Waals surface area contributed by atoms with E-state index in [9.17, 15) is 10.1 Å². The summed E-state index contributed by atoms with van der Waals surface area (Å²) in [5.74, 6) is 0. The van der Waals surface area contributed by atoms with Gasteiger partial charge < -0.3 is 9.80 Å². The van der Waals surface area contributed by atoms with Crippen LogP contribution in [-0.2, 0) is 0 Å². The van der Waals surface area contributed by atoms with Crippen molar-refractivity contribution in [3.05, 3.63) is 21.2 Å². The number of quaternary nitrogens is 1. The van der Waals surface area contributed by atoms with E-state index in [0.29, 0.717) is 10.7 Å². The predicted octanol–water partition coefficient (Wildman–Crippen LogP) is 0.119. The van der Waals surface area contributed by atoms with E-state index < -0.39 is 4.92 Å². The van der Waals surface area contributed by atoms with Gasteiger partial charge in [0.25, 0.3) is 0 Å². The van der Waals surface area contributed by atoms with E-state index in [1.165, 1.54) is 4.90 Å². The fourth-order valence-corrected chi connectivity index (χ4v) is 2.66. The lowest BCUT2D eigenvalue weighted by atomic mass is 10.2. The summed E-state index contributed by atoms with van der Waals surface area (Å²) in [5, 5.41) is 18.9. The maximum absolute atomic E-state index is 11.4. The maximum Gasteiger partial charge on any atom is 0.323 e. The van der Waals surface area contributed by atoms with E-state index in [2.05, 4.69) is 22.0 Å². The average molecular weight is 299 g/mol. The molecule has 0 unspecified atom stereocenters. The Balaban J connectivity index is 2.14. The monoisotopic (exact) mass is 298 g/mol. The molecule has 0 aliphatic carbocycles. The molecule has 1 aliphatic rings. The Hall–Kier alpha value is -1.93. The third kappa shape index (κ3) is 2.06. The molecule has 8 nitrogen and oxygen atoms in total. The fourth-order valence-electron chi connectivity index (χ4n) is 2.43. The van der Waals surface area contributed by atoms with E-state index >= 15 is 0 Å². The lowest BCUT2D eigenvalue weighted by Gasteiger charge is -2.31. The topological polar surface area (TPSA) is 89.7 Å². The largest absolute Gasteiger partial charge is 0.355 e. The molecule has 0 radical (unpaired) electrons. The minimum absolute atomic E-state index is 0.0924. The van der Waals surface area contributed by atoms with Crippen LogP contribution < -0.4 is 9.80 Å². The zero-order chi connectivity index (χ0) is 14.3. The molecule has 9 heteroatoms. The molecule has 1 aromatic heterocycles. The van der Waals surface area contributed by atoms with Gasteiger partial charge in [0, 0.05) is 0 Å². The van der Waals surface area contributed by atoms with Crippen LogP contribution in [-0.4, -0.2) is 48.5 Å². The summed E-state index contributed by atoms with van der Waals surface area (Å²) in [4.78, 5) is 14.3. The molecule has 1 saturated heterocycles. The van der Waals surface area contributed by atoms with Crippen LogP contribution in [0.3, 0.4) is 0 Å². The van der Waals surface area contributed by atoms with Crippen molar-refractivity contribution in [3.63, 3.8) is 0 Å². The van der Waals surface area contributed by atoms with Crippen LogP contribution in [0.4, 0.5) is 11.4 Å². The average Bonchev–Trinajstić information content (AvgIpc) is 2.88. The van der Waals surface area contributed by atoms with Gasteiger partial charge in [-0.2, -0.15) is 0 Å². The third-order valence-electron chi connectivity index (χ3n) is 3.59. The second-order valence-corrected chi connectivity index (χ2v) is 5.30. The minimum Gasteiger partial charge on any atom is -0.355 e. The van der Waals surface area contributed by atoms with Crippen LogP contribution in [0.2, 0.25) is 5.02 Å². The fraction of sp³-hybridized carbons (Fsp3) is 0.455. The summed E-state index contributed by atoms with van der Waals surface area (Å²) in [6.07, 6.45) is 0. The number of piperazine rings is 1. The van der Waals surface area contributed by atoms with Crippen LogP contribution >= 0.6 is 11.6 Å². The molecule has 2 aromatic rings. The number of rotatable bonds is 2. The van der Waals surface area contributed by atoms with E-state index in [1.807, 2.05) is 4.90 Å². The van der Waals surface area contributed by atoms with Crippen molar-refractivity contribution in [2.75, 3.05) is 38.1 Å². The van der Waals surface area contributed by atoms with Crippen LogP contribution in [0.25, 0.3) is 11.0 Å². The van der Waals surface area contributed by atoms with Gasteiger partial charge >= 0.3 is 5.69 Å². The van der Waals surface area contributed by atoms with Gasteiger partial charge in [0.05, 0.1) is 43.2 Å². The first kappa shape index (κ1) is 13.1. The molecule has 1 aliphatic heterocycles. The second kappa shape index (κ2) is 4.88. The van der Waals surface area contributed by atoms with Crippen molar-refractivity contribution in [3.8, 4) is 0 Å². The molecular formula is C11H13ClN5O3+. The number of benzene rings is 1. The third-order valence-corrected chi connectivity index (χ3v) is 3.87. The molecule has 2 heterocycles. The Morgan fingerprint density at radius 3 is 2.70 bits per heavy atom. The molecule has 1 N–H and O–H groups in total. The van der Waals surface area contributed by atoms with Gasteiger partial charge in [-0.1, -0.05) is 11.6 Å². The smallest absolute Gasteiger partial charge is 0.323 e. The summed E-state index contributed by atoms with van der Waals surface area (Å²) in [7, 11) is 2.10. The number of fused-ring (bicyclic) bond motifs is 1. The predicted molar refractivity (Wildman–Crippen MR) is 72.3 cm³/mol. The molecular weight excluding hydrogens is 286 g/mol. The lowest BCUT2D eigenvalue weighted by Crippen LogP contribution is -3.12. The Morgan fingerprint density at radius 2 is 2.05 bits per heavy atom. The van der Waals surface area contributed by atoms with Crippen molar-refractivity contribution >= 4 is 34.0 Å². The molecule has 0 saturated carbocycles. The normalized spacial score (nSPS) is 16.8. The van der Waals surface area contributed by atoms with Gasteiger partial charge in [-0.05, 0) is 16.4 Å². The van der Waals surface area contributed by atoms with Crippen molar-refractivity contribution in [1.82, 2.24) is 10.3 Å². The first-order valence-corrected chi connectivity index (χ1v) is 6.61. The van der Waals surface area contributed by atoms with E-state index in [-0.39, 0.29) is 16.7 Å². The van der Waals surface area contributed by atoms with Gasteiger partial charge in [0.15, 0.2) is 5.52 Å². The van der Waals surface area contributed by atoms with Crippen LogP contribution in [0.5, 0.6) is 0 Å². The highest BCUT2D eigenvalue weighted by Gasteiger charge is 2.30. The van der Waals surface area contributed by atoms with Gasteiger partial charge in [-0.15, -0.1) is 0 Å². The van der Waals surface area contributed by atoms with Gasteiger partial charge in [-0.25, -0.2) is 4.63 Å². The Kier molecular flexibility index (Phi) is 3.19. The molecule has 0 atom stereocenters. The number of halogens is 1. The standard InChI is InChI=1S/C11H12ClN5O3/c1-15-2-4-16(5-3-15)8-6-7(12)9-10(14-20-13-9)11(8)17(18)19/h6H,2-5H2,1H3/p+1. The van der Waals surface area contributed by atoms with Gasteiger partial charge in [0.2, 0.25) is 5.52 Å². The Bertz CT molecular complexity index is 665. The van der Waals surface area contributed by atoms with Crippen molar-refractivity contribution < 1.29 is 14.5 Å². The molecule has 3 rings (SSSR count). The van der Waals surface area contributed by atoms with Crippen molar-refractivity contribution in [1.29, 1.82) is 0 Å². The number of nitrogens with zero attached hydrogens (tertiary/aromatic N) is 4. The van der Waals surface area contributed by atoms with Crippen LogP contribution in [0.15, 0.2) is 10.7 Å². The molecule has 106 valence electrons. The SMILES string of the molecule is C[NH+]1CCN(c2cc(Cl)c3nonc3c2[N+](=O)[O-])CC1. The van der Waals surface area contributed by atoms with Crippen molar-refractivity contribution in [2.24, 2.45) is 0 Å². The van der Waals surface area contributed by atoms with Gasteiger partial charge in [-0.3, -0.25) is 10.1 Å². The molecule has 0 bridgehead atoms. The number of nitrogens with one attached hydrogen (secondary N) is 1. The number of likely N-dealkylation sites (N-methyl/N-ethyl adjacent to an activating group) is 1. The number of hydrogen-bond acceptors (Lipinski definition) is 6. The van der Waals surface area contributed by atoms with E-state index in [0.717, 1.165) is 26.2 Å². The first-order chi connectivity index (χ1) is 9.58. The van der Waals surface area contributed by atoms with Crippen molar-refractivity contribution in [2.45, 2.75) is 0 Å². The molecule has 1 fully saturated rings. The first-order valence-electron chi connectivity index (χ1n) is 6.23. The van der Waals surface area contributed by atoms with E-state index in [1.54, 1.807) is 6.07 Å². The van der Waals surface area contributed by atoms with Crippen LogP contribution in [0.1, 0.15) is 0 Å².